The van der Waals surface area contributed by atoms with E-state index in [2.05, 4.69) is 39.2 Å². The average Bonchev–Trinajstić information content (AvgIpc) is 3.63. The predicted octanol–water partition coefficient (Wildman–Crippen LogP) is 7.09. The van der Waals surface area contributed by atoms with Crippen LogP contribution in [-0.2, 0) is 19.5 Å². The van der Waals surface area contributed by atoms with Gasteiger partial charge in [-0.15, -0.1) is 11.3 Å². The third kappa shape index (κ3) is 7.91. The SMILES string of the molecule is Cc1c(CN2CCC(Nc3ncnc4sc(CC(F)(F)F)cc34)CC2)ccc2c1cc(C#N)n2CC(O)(CO)CCC1CCCCC1. The summed E-state index contributed by atoms with van der Waals surface area (Å²) in [6, 6.07) is 10.0. The van der Waals surface area contributed by atoms with Gasteiger partial charge in [0.25, 0.3) is 0 Å². The number of hydrogen-bond acceptors (Lipinski definition) is 8. The molecule has 1 atom stereocenters. The zero-order valence-corrected chi connectivity index (χ0v) is 27.6. The molecule has 3 aromatic heterocycles. The van der Waals surface area contributed by atoms with Crippen molar-refractivity contribution >= 4 is 38.3 Å². The highest BCUT2D eigenvalue weighted by Gasteiger charge is 2.31. The van der Waals surface area contributed by atoms with Crippen molar-refractivity contribution in [3.8, 4) is 6.07 Å². The fourth-order valence-corrected chi connectivity index (χ4v) is 8.41. The van der Waals surface area contributed by atoms with Crippen LogP contribution in [0.2, 0.25) is 0 Å². The maximum absolute atomic E-state index is 12.9. The molecule has 4 heterocycles. The number of rotatable bonds is 11. The largest absolute Gasteiger partial charge is 0.393 e. The van der Waals surface area contributed by atoms with Crippen molar-refractivity contribution in [3.63, 3.8) is 0 Å². The molecule has 0 radical (unpaired) electrons. The molecule has 1 aliphatic heterocycles. The molecule has 3 N–H and O–H groups in total. The van der Waals surface area contributed by atoms with Gasteiger partial charge in [-0.25, -0.2) is 9.97 Å². The van der Waals surface area contributed by atoms with Crippen molar-refractivity contribution in [3.05, 3.63) is 52.3 Å². The molecule has 1 aliphatic carbocycles. The molecule has 4 aromatic rings. The molecule has 0 amide bonds. The van der Waals surface area contributed by atoms with Crippen molar-refractivity contribution in [1.82, 2.24) is 19.4 Å². The first-order valence-corrected chi connectivity index (χ1v) is 17.5. The number of nitrogens with zero attached hydrogens (tertiary/aromatic N) is 5. The molecule has 252 valence electrons. The number of alkyl halides is 3. The molecule has 6 rings (SSSR count). The van der Waals surface area contributed by atoms with Gasteiger partial charge in [-0.05, 0) is 67.9 Å². The summed E-state index contributed by atoms with van der Waals surface area (Å²) in [5.41, 5.74) is 2.35. The minimum atomic E-state index is -4.27. The number of hydrogen-bond donors (Lipinski definition) is 3. The van der Waals surface area contributed by atoms with Crippen LogP contribution in [0.5, 0.6) is 0 Å². The van der Waals surface area contributed by atoms with Gasteiger partial charge in [0.1, 0.15) is 34.3 Å². The lowest BCUT2D eigenvalue weighted by Gasteiger charge is -2.33. The van der Waals surface area contributed by atoms with E-state index in [0.29, 0.717) is 34.1 Å². The van der Waals surface area contributed by atoms with Gasteiger partial charge >= 0.3 is 6.18 Å². The molecule has 2 aliphatic rings. The second-order valence-corrected chi connectivity index (χ2v) is 14.7. The summed E-state index contributed by atoms with van der Waals surface area (Å²) in [6.45, 7) is 4.36. The summed E-state index contributed by atoms with van der Waals surface area (Å²) in [5, 5.41) is 36.7. The van der Waals surface area contributed by atoms with Gasteiger partial charge in [0.05, 0.1) is 25.0 Å². The van der Waals surface area contributed by atoms with Crippen molar-refractivity contribution in [2.45, 2.75) is 102 Å². The highest BCUT2D eigenvalue weighted by atomic mass is 32.1. The van der Waals surface area contributed by atoms with E-state index >= 15 is 0 Å². The number of likely N-dealkylation sites (tertiary alicyclic amines) is 1. The Morgan fingerprint density at radius 2 is 1.83 bits per heavy atom. The van der Waals surface area contributed by atoms with Crippen molar-refractivity contribution in [2.24, 2.45) is 5.92 Å². The first kappa shape index (κ1) is 33.7. The molecule has 2 fully saturated rings. The highest BCUT2D eigenvalue weighted by Crippen LogP contribution is 2.35. The number of aliphatic hydroxyl groups is 2. The van der Waals surface area contributed by atoms with Crippen LogP contribution in [0.4, 0.5) is 19.0 Å². The lowest BCUT2D eigenvalue weighted by Crippen LogP contribution is -2.39. The number of aliphatic hydroxyl groups excluding tert-OH is 1. The summed E-state index contributed by atoms with van der Waals surface area (Å²) in [5.74, 6) is 1.17. The van der Waals surface area contributed by atoms with E-state index in [4.69, 9.17) is 0 Å². The Balaban J connectivity index is 1.10. The number of thiophene rings is 1. The molecule has 12 heteroatoms. The van der Waals surface area contributed by atoms with Crippen LogP contribution in [0.15, 0.2) is 30.6 Å². The fourth-order valence-electron chi connectivity index (χ4n) is 7.38. The Hall–Kier alpha value is -3.24. The van der Waals surface area contributed by atoms with Crippen LogP contribution < -0.4 is 5.32 Å². The first-order chi connectivity index (χ1) is 22.5. The molecule has 0 spiro atoms. The summed E-state index contributed by atoms with van der Waals surface area (Å²) in [6.07, 6.45) is 5.40. The number of aromatic nitrogens is 3. The number of nitrogens with one attached hydrogen (secondary N) is 1. The number of nitriles is 1. The molecule has 0 bridgehead atoms. The third-order valence-corrected chi connectivity index (χ3v) is 11.2. The minimum absolute atomic E-state index is 0.148. The first-order valence-electron chi connectivity index (χ1n) is 16.7. The summed E-state index contributed by atoms with van der Waals surface area (Å²) in [7, 11) is 0. The Morgan fingerprint density at radius 1 is 1.06 bits per heavy atom. The number of piperidine rings is 1. The number of halogens is 3. The van der Waals surface area contributed by atoms with Crippen LogP contribution in [-0.4, -0.2) is 67.2 Å². The molecule has 47 heavy (non-hydrogen) atoms. The molecule has 1 unspecified atom stereocenters. The highest BCUT2D eigenvalue weighted by molar-refractivity contribution is 7.18. The second-order valence-electron chi connectivity index (χ2n) is 13.6. The minimum Gasteiger partial charge on any atom is -0.393 e. The van der Waals surface area contributed by atoms with Gasteiger partial charge in [0, 0.05) is 41.5 Å². The zero-order valence-electron chi connectivity index (χ0n) is 26.8. The van der Waals surface area contributed by atoms with Crippen molar-refractivity contribution < 1.29 is 23.4 Å². The predicted molar refractivity (Wildman–Crippen MR) is 178 cm³/mol. The lowest BCUT2D eigenvalue weighted by atomic mass is 9.83. The van der Waals surface area contributed by atoms with Gasteiger partial charge in [-0.2, -0.15) is 18.4 Å². The summed E-state index contributed by atoms with van der Waals surface area (Å²) in [4.78, 5) is 11.7. The van der Waals surface area contributed by atoms with Gasteiger partial charge < -0.3 is 20.1 Å². The molecule has 1 saturated carbocycles. The standard InChI is InChI=1S/C35H43F3N6O2S/c1-23-25(7-8-31-29(23)15-27(18-39)44(31)20-34(46,21-45)12-9-24-5-3-2-4-6-24)19-43-13-10-26(11-14-43)42-32-30-16-28(17-35(36,37)38)47-33(30)41-22-40-32/h7-8,15-16,22,24,26,45-46H,2-6,9-14,17,19-21H2,1H3,(H,40,41,42). The number of benzene rings is 1. The normalized spacial score (nSPS) is 18.5. The average molecular weight is 669 g/mol. The van der Waals surface area contributed by atoms with E-state index in [1.165, 1.54) is 44.0 Å². The van der Waals surface area contributed by atoms with Crippen LogP contribution in [0.3, 0.4) is 0 Å². The number of anilines is 1. The van der Waals surface area contributed by atoms with E-state index < -0.39 is 18.2 Å². The van der Waals surface area contributed by atoms with Crippen LogP contribution in [0, 0.1) is 24.2 Å². The number of aryl methyl sites for hydroxylation is 1. The number of fused-ring (bicyclic) bond motifs is 2. The molecular weight excluding hydrogens is 625 g/mol. The van der Waals surface area contributed by atoms with E-state index in [0.717, 1.165) is 66.7 Å². The molecule has 1 aromatic carbocycles. The van der Waals surface area contributed by atoms with E-state index in [-0.39, 0.29) is 24.1 Å². The topological polar surface area (TPSA) is 110 Å². The van der Waals surface area contributed by atoms with Crippen LogP contribution in [0.25, 0.3) is 21.1 Å². The van der Waals surface area contributed by atoms with Crippen LogP contribution in [0.1, 0.15) is 79.5 Å². The Labute approximate surface area is 277 Å². The molecule has 8 nitrogen and oxygen atoms in total. The van der Waals surface area contributed by atoms with Crippen molar-refractivity contribution in [2.75, 3.05) is 25.0 Å². The Morgan fingerprint density at radius 3 is 2.53 bits per heavy atom. The van der Waals surface area contributed by atoms with E-state index in [1.54, 1.807) is 6.07 Å². The monoisotopic (exact) mass is 668 g/mol. The van der Waals surface area contributed by atoms with E-state index in [1.807, 2.05) is 16.7 Å². The maximum Gasteiger partial charge on any atom is 0.393 e. The van der Waals surface area contributed by atoms with Gasteiger partial charge in [-0.3, -0.25) is 4.90 Å². The maximum atomic E-state index is 12.9. The van der Waals surface area contributed by atoms with Gasteiger partial charge in [-0.1, -0.05) is 38.2 Å². The quantitative estimate of drug-likeness (QED) is 0.157. The van der Waals surface area contributed by atoms with Crippen molar-refractivity contribution in [1.29, 1.82) is 5.26 Å². The van der Waals surface area contributed by atoms with Gasteiger partial charge in [0.2, 0.25) is 0 Å². The third-order valence-electron chi connectivity index (χ3n) is 10.1. The molecular formula is C35H43F3N6O2S. The van der Waals surface area contributed by atoms with E-state index in [9.17, 15) is 28.6 Å². The smallest absolute Gasteiger partial charge is 0.393 e. The van der Waals surface area contributed by atoms with Crippen LogP contribution >= 0.6 is 11.3 Å². The Bertz CT molecular complexity index is 1730. The summed E-state index contributed by atoms with van der Waals surface area (Å²) >= 11 is 1.06. The molecule has 1 saturated heterocycles. The lowest BCUT2D eigenvalue weighted by molar-refractivity contribution is -0.126. The Kier molecular flexibility index (Phi) is 10.1. The second kappa shape index (κ2) is 14.1. The van der Waals surface area contributed by atoms with Gasteiger partial charge in [0.15, 0.2) is 0 Å². The fraction of sp³-hybridized carbons (Fsp3) is 0.571. The summed E-state index contributed by atoms with van der Waals surface area (Å²) < 4.78 is 40.7. The zero-order chi connectivity index (χ0) is 33.2.